The molecule has 7 nitrogen and oxygen atoms in total. The van der Waals surface area contributed by atoms with Gasteiger partial charge in [0.15, 0.2) is 5.75 Å². The molecule has 2 saturated heterocycles. The molecule has 2 aliphatic rings. The van der Waals surface area contributed by atoms with Crippen LogP contribution < -0.4 is 10.1 Å². The molecule has 0 aromatic heterocycles. The summed E-state index contributed by atoms with van der Waals surface area (Å²) in [4.78, 5) is 31.0. The van der Waals surface area contributed by atoms with Crippen LogP contribution in [0, 0.1) is 0 Å². The van der Waals surface area contributed by atoms with E-state index in [0.717, 1.165) is 25.8 Å². The second-order valence-corrected chi connectivity index (χ2v) is 11.4. The minimum absolute atomic E-state index is 0.0245. The Hall–Kier alpha value is -3.55. The smallest absolute Gasteiger partial charge is 0.258 e. The van der Waals surface area contributed by atoms with Crippen LogP contribution in [0.4, 0.5) is 0 Å². The summed E-state index contributed by atoms with van der Waals surface area (Å²) in [6, 6.07) is 22.6. The largest absolute Gasteiger partial charge is 0.507 e. The number of nitrogens with zero attached hydrogens (tertiary/aromatic N) is 2. The third-order valence-electron chi connectivity index (χ3n) is 8.71. The van der Waals surface area contributed by atoms with Crippen molar-refractivity contribution in [2.24, 2.45) is 0 Å². The van der Waals surface area contributed by atoms with Crippen molar-refractivity contribution in [3.05, 3.63) is 94.0 Å². The van der Waals surface area contributed by atoms with Crippen LogP contribution in [0.3, 0.4) is 0 Å². The molecule has 2 N–H and O–H groups in total. The Kier molecular flexibility index (Phi) is 8.85. The number of ether oxygens (including phenoxy) is 1. The molecule has 2 aliphatic heterocycles. The maximum atomic E-state index is 13.6. The Morgan fingerprint density at radius 2 is 1.73 bits per heavy atom. The van der Waals surface area contributed by atoms with Crippen LogP contribution >= 0.6 is 11.6 Å². The van der Waals surface area contributed by atoms with Gasteiger partial charge in [-0.15, -0.1) is 0 Å². The van der Waals surface area contributed by atoms with Gasteiger partial charge in [-0.3, -0.25) is 14.5 Å². The molecule has 41 heavy (non-hydrogen) atoms. The van der Waals surface area contributed by atoms with E-state index < -0.39 is 5.91 Å². The van der Waals surface area contributed by atoms with Gasteiger partial charge in [0.2, 0.25) is 5.91 Å². The van der Waals surface area contributed by atoms with Crippen LogP contribution in [0.1, 0.15) is 53.2 Å². The summed E-state index contributed by atoms with van der Waals surface area (Å²) < 4.78 is 5.35. The van der Waals surface area contributed by atoms with Crippen LogP contribution in [0.5, 0.6) is 11.5 Å². The zero-order valence-electron chi connectivity index (χ0n) is 23.7. The molecule has 0 radical (unpaired) electrons. The molecule has 216 valence electrons. The fourth-order valence-electron chi connectivity index (χ4n) is 6.44. The van der Waals surface area contributed by atoms with Crippen molar-refractivity contribution in [3.8, 4) is 11.5 Å². The second-order valence-electron chi connectivity index (χ2n) is 11.0. The molecule has 3 aromatic rings. The number of nitrogens with one attached hydrogen (secondary N) is 1. The van der Waals surface area contributed by atoms with Crippen LogP contribution in [-0.4, -0.2) is 72.6 Å². The van der Waals surface area contributed by atoms with E-state index >= 15 is 0 Å². The number of likely N-dealkylation sites (tertiary alicyclic amines) is 2. The predicted octanol–water partition coefficient (Wildman–Crippen LogP) is 5.03. The summed E-state index contributed by atoms with van der Waals surface area (Å²) in [6.07, 6.45) is 3.24. The molecule has 2 fully saturated rings. The molecule has 1 unspecified atom stereocenters. The van der Waals surface area contributed by atoms with Crippen molar-refractivity contribution >= 4 is 23.4 Å². The minimum atomic E-state index is -0.440. The molecule has 0 spiro atoms. The van der Waals surface area contributed by atoms with Gasteiger partial charge in [0.1, 0.15) is 11.3 Å². The highest BCUT2D eigenvalue weighted by molar-refractivity contribution is 6.33. The number of phenols is 1. The first-order chi connectivity index (χ1) is 19.9. The highest BCUT2D eigenvalue weighted by Gasteiger charge is 2.43. The molecule has 1 atom stereocenters. The number of amides is 2. The van der Waals surface area contributed by atoms with Crippen LogP contribution in [0.2, 0.25) is 5.02 Å². The SMILES string of the molecule is CCc1cc(Cl)c(OC)c(C(=O)NCC2CCCN2CC(=O)N2CCC(c3ccccc3)(c3ccccc3)C2)c1O. The maximum Gasteiger partial charge on any atom is 0.258 e. The Balaban J connectivity index is 1.26. The fraction of sp³-hybridized carbons (Fsp3) is 0.394. The first kappa shape index (κ1) is 29.0. The number of halogens is 1. The number of hydrogen-bond donors (Lipinski definition) is 2. The molecular weight excluding hydrogens is 538 g/mol. The highest BCUT2D eigenvalue weighted by Crippen LogP contribution is 2.41. The number of hydrogen-bond acceptors (Lipinski definition) is 5. The summed E-state index contributed by atoms with van der Waals surface area (Å²) in [5, 5.41) is 14.0. The van der Waals surface area contributed by atoms with Crippen LogP contribution in [-0.2, 0) is 16.6 Å². The number of aryl methyl sites for hydroxylation is 1. The van der Waals surface area contributed by atoms with E-state index in [9.17, 15) is 14.7 Å². The van der Waals surface area contributed by atoms with Gasteiger partial charge >= 0.3 is 0 Å². The first-order valence-corrected chi connectivity index (χ1v) is 14.7. The average molecular weight is 576 g/mol. The van der Waals surface area contributed by atoms with Crippen molar-refractivity contribution in [1.82, 2.24) is 15.1 Å². The van der Waals surface area contributed by atoms with Gasteiger partial charge in [0.25, 0.3) is 5.91 Å². The second kappa shape index (κ2) is 12.5. The molecule has 2 amide bonds. The van der Waals surface area contributed by atoms with Gasteiger partial charge in [-0.25, -0.2) is 0 Å². The summed E-state index contributed by atoms with van der Waals surface area (Å²) in [5.74, 6) is -0.283. The highest BCUT2D eigenvalue weighted by atomic mass is 35.5. The Morgan fingerprint density at radius 1 is 1.07 bits per heavy atom. The lowest BCUT2D eigenvalue weighted by molar-refractivity contribution is -0.131. The van der Waals surface area contributed by atoms with Crippen LogP contribution in [0.25, 0.3) is 0 Å². The molecule has 8 heteroatoms. The molecular formula is C33H38ClN3O4. The molecule has 0 saturated carbocycles. The van der Waals surface area contributed by atoms with Gasteiger partial charge in [-0.05, 0) is 55.0 Å². The van der Waals surface area contributed by atoms with E-state index in [1.54, 1.807) is 6.07 Å². The van der Waals surface area contributed by atoms with Gasteiger partial charge in [0.05, 0.1) is 18.7 Å². The fourth-order valence-corrected chi connectivity index (χ4v) is 6.74. The Bertz CT molecular complexity index is 1340. The van der Waals surface area contributed by atoms with Gasteiger partial charge in [-0.2, -0.15) is 0 Å². The van der Waals surface area contributed by atoms with Crippen molar-refractivity contribution in [2.45, 2.75) is 44.1 Å². The first-order valence-electron chi connectivity index (χ1n) is 14.4. The van der Waals surface area contributed by atoms with Crippen LogP contribution in [0.15, 0.2) is 66.7 Å². The Labute approximate surface area is 247 Å². The number of methoxy groups -OCH3 is 1. The topological polar surface area (TPSA) is 82.1 Å². The number of phenolic OH excluding ortho intramolecular Hbond substituents is 1. The van der Waals surface area contributed by atoms with E-state index in [0.29, 0.717) is 38.2 Å². The standard InChI is InChI=1S/C33H38ClN3O4/c1-3-23-19-27(34)31(41-2)29(30(23)39)32(40)35-20-26-15-10-17-36(26)21-28(38)37-18-16-33(22-37,24-11-6-4-7-12-24)25-13-8-5-9-14-25/h4-9,11-14,19,26,39H,3,10,15-18,20-22H2,1-2H3,(H,35,40). The molecule has 0 aliphatic carbocycles. The summed E-state index contributed by atoms with van der Waals surface area (Å²) in [6.45, 7) is 4.70. The summed E-state index contributed by atoms with van der Waals surface area (Å²) >= 11 is 6.33. The Morgan fingerprint density at radius 3 is 2.34 bits per heavy atom. The number of benzene rings is 3. The van der Waals surface area contributed by atoms with E-state index in [1.807, 2.05) is 24.0 Å². The quantitative estimate of drug-likeness (QED) is 0.374. The van der Waals surface area contributed by atoms with E-state index in [2.05, 4.69) is 58.7 Å². The van der Waals surface area contributed by atoms with Crippen molar-refractivity contribution in [3.63, 3.8) is 0 Å². The van der Waals surface area contributed by atoms with Gasteiger partial charge in [-0.1, -0.05) is 79.2 Å². The number of carbonyl (C=O) groups excluding carboxylic acids is 2. The van der Waals surface area contributed by atoms with Gasteiger partial charge < -0.3 is 20.1 Å². The lowest BCUT2D eigenvalue weighted by Crippen LogP contribution is -2.46. The van der Waals surface area contributed by atoms with E-state index in [-0.39, 0.29) is 39.4 Å². The summed E-state index contributed by atoms with van der Waals surface area (Å²) in [5.41, 5.74) is 2.86. The normalized spacial score (nSPS) is 18.4. The molecule has 5 rings (SSSR count). The zero-order chi connectivity index (χ0) is 29.0. The van der Waals surface area contributed by atoms with Crippen molar-refractivity contribution in [2.75, 3.05) is 39.8 Å². The molecule has 0 bridgehead atoms. The van der Waals surface area contributed by atoms with E-state index in [1.165, 1.54) is 18.2 Å². The average Bonchev–Trinajstić information content (AvgIpc) is 3.65. The third-order valence-corrected chi connectivity index (χ3v) is 8.99. The zero-order valence-corrected chi connectivity index (χ0v) is 24.5. The predicted molar refractivity (Wildman–Crippen MR) is 161 cm³/mol. The monoisotopic (exact) mass is 575 g/mol. The minimum Gasteiger partial charge on any atom is -0.507 e. The third kappa shape index (κ3) is 5.79. The lowest BCUT2D eigenvalue weighted by atomic mass is 9.74. The molecule has 2 heterocycles. The van der Waals surface area contributed by atoms with Crippen molar-refractivity contribution in [1.29, 1.82) is 0 Å². The van der Waals surface area contributed by atoms with Gasteiger partial charge in [0, 0.05) is 31.1 Å². The summed E-state index contributed by atoms with van der Waals surface area (Å²) in [7, 11) is 1.43. The number of rotatable bonds is 9. The number of aromatic hydroxyl groups is 1. The van der Waals surface area contributed by atoms with E-state index in [4.69, 9.17) is 16.3 Å². The number of carbonyl (C=O) groups is 2. The maximum absolute atomic E-state index is 13.6. The van der Waals surface area contributed by atoms with Crippen molar-refractivity contribution < 1.29 is 19.4 Å². The lowest BCUT2D eigenvalue weighted by Gasteiger charge is -2.32. The molecule has 3 aromatic carbocycles.